The molecule has 0 bridgehead atoms. The molecule has 0 unspecified atom stereocenters. The summed E-state index contributed by atoms with van der Waals surface area (Å²) in [4.78, 5) is 65.7. The van der Waals surface area contributed by atoms with E-state index < -0.39 is 22.5 Å². The third-order valence-corrected chi connectivity index (χ3v) is 10.9. The Morgan fingerprint density at radius 2 is 1.65 bits per heavy atom. The molecule has 0 saturated heterocycles. The number of nitriles is 1. The summed E-state index contributed by atoms with van der Waals surface area (Å²) < 4.78 is 1.59. The average Bonchev–Trinajstić information content (AvgIpc) is 4.06. The number of hydrogen-bond donors (Lipinski definition) is 3. The number of aromatic nitrogens is 3. The average molecular weight is 738 g/mol. The Hall–Kier alpha value is -5.25. The Morgan fingerprint density at radius 3 is 2.29 bits per heavy atom. The zero-order chi connectivity index (χ0) is 36.4. The van der Waals surface area contributed by atoms with Crippen molar-refractivity contribution in [2.24, 2.45) is 5.92 Å². The normalized spacial score (nSPS) is 20.4. The Bertz CT molecular complexity index is 2180. The molecule has 4 amide bonds. The van der Waals surface area contributed by atoms with E-state index in [1.54, 1.807) is 72.3 Å². The molecular formula is C38H34Cl2N8O4. The van der Waals surface area contributed by atoms with Crippen LogP contribution in [-0.2, 0) is 27.1 Å². The van der Waals surface area contributed by atoms with Gasteiger partial charge in [-0.15, -0.1) is 0 Å². The molecule has 3 aliphatic carbocycles. The van der Waals surface area contributed by atoms with E-state index in [9.17, 15) is 24.4 Å². The molecule has 3 N–H and O–H groups in total. The van der Waals surface area contributed by atoms with Crippen molar-refractivity contribution in [3.63, 3.8) is 0 Å². The van der Waals surface area contributed by atoms with Gasteiger partial charge < -0.3 is 16.0 Å². The van der Waals surface area contributed by atoms with Gasteiger partial charge in [0.1, 0.15) is 16.8 Å². The van der Waals surface area contributed by atoms with Gasteiger partial charge in [-0.25, -0.2) is 9.88 Å². The number of rotatable bonds is 11. The molecule has 1 atom stereocenters. The molecule has 0 radical (unpaired) electrons. The highest BCUT2D eigenvalue weighted by molar-refractivity contribution is 6.35. The van der Waals surface area contributed by atoms with Crippen LogP contribution in [0.3, 0.4) is 0 Å². The number of nitrogens with zero attached hydrogens (tertiary/aromatic N) is 5. The fourth-order valence-corrected chi connectivity index (χ4v) is 7.46. The number of nitrogens with one attached hydrogen (secondary N) is 3. The third kappa shape index (κ3) is 6.07. The molecule has 4 aliphatic rings. The van der Waals surface area contributed by atoms with E-state index >= 15 is 0 Å². The summed E-state index contributed by atoms with van der Waals surface area (Å²) >= 11 is 12.7. The van der Waals surface area contributed by atoms with Gasteiger partial charge in [-0.1, -0.05) is 35.3 Å². The number of carbonyl (C=O) groups is 4. The van der Waals surface area contributed by atoms with Crippen LogP contribution in [0.1, 0.15) is 83.1 Å². The fraction of sp³-hybridized carbons (Fsp3) is 0.342. The highest BCUT2D eigenvalue weighted by Crippen LogP contribution is 2.48. The van der Waals surface area contributed by atoms with Gasteiger partial charge in [0.25, 0.3) is 17.7 Å². The molecule has 14 heteroatoms. The number of fused-ring (bicyclic) bond motifs is 1. The Balaban J connectivity index is 1.06. The zero-order valence-corrected chi connectivity index (χ0v) is 29.7. The van der Waals surface area contributed by atoms with E-state index in [0.717, 1.165) is 18.4 Å². The van der Waals surface area contributed by atoms with Crippen molar-refractivity contribution in [2.75, 3.05) is 11.4 Å². The van der Waals surface area contributed by atoms with Crippen molar-refractivity contribution in [1.29, 1.82) is 5.26 Å². The van der Waals surface area contributed by atoms with Crippen LogP contribution in [0.15, 0.2) is 67.0 Å². The van der Waals surface area contributed by atoms with Crippen molar-refractivity contribution in [1.82, 2.24) is 30.5 Å². The first kappa shape index (κ1) is 33.9. The van der Waals surface area contributed by atoms with Crippen molar-refractivity contribution in [3.8, 4) is 6.07 Å². The number of amides is 4. The quantitative estimate of drug-likeness (QED) is 0.188. The lowest BCUT2D eigenvalue weighted by Gasteiger charge is -2.27. The lowest BCUT2D eigenvalue weighted by atomic mass is 9.91. The fourth-order valence-electron chi connectivity index (χ4n) is 6.94. The summed E-state index contributed by atoms with van der Waals surface area (Å²) in [5.74, 6) is -0.685. The lowest BCUT2D eigenvalue weighted by Crippen LogP contribution is -2.52. The second kappa shape index (κ2) is 12.5. The van der Waals surface area contributed by atoms with Crippen LogP contribution in [-0.4, -0.2) is 50.2 Å². The number of halogens is 2. The predicted molar refractivity (Wildman–Crippen MR) is 192 cm³/mol. The molecule has 0 spiro atoms. The highest BCUT2D eigenvalue weighted by atomic mass is 35.5. The largest absolute Gasteiger partial charge is 0.352 e. The van der Waals surface area contributed by atoms with Gasteiger partial charge in [-0.05, 0) is 99.4 Å². The number of anilines is 2. The molecule has 4 aromatic rings. The summed E-state index contributed by atoms with van der Waals surface area (Å²) in [6.45, 7) is 2.38. The SMILES string of the molecule is C[C@@]1(Cc2ccc(C#N)cc2)C(=O)N(c2cc(Cl)cc(Cl)c2)c2ncc(C(=O)NC3(C(=O)NC4(c5cc(C(=O)NCC6CC6)ccn5)CC4)CC3)n21. The minimum Gasteiger partial charge on any atom is -0.352 e. The summed E-state index contributed by atoms with van der Waals surface area (Å²) in [5.41, 5.74) is -0.410. The van der Waals surface area contributed by atoms with Gasteiger partial charge in [0.2, 0.25) is 11.9 Å². The number of hydrogen-bond acceptors (Lipinski definition) is 7. The van der Waals surface area contributed by atoms with Gasteiger partial charge in [-0.3, -0.25) is 28.7 Å². The summed E-state index contributed by atoms with van der Waals surface area (Å²) in [6, 6.07) is 17.1. The predicted octanol–water partition coefficient (Wildman–Crippen LogP) is 5.30. The van der Waals surface area contributed by atoms with Gasteiger partial charge in [0.15, 0.2) is 0 Å². The van der Waals surface area contributed by atoms with Gasteiger partial charge >= 0.3 is 0 Å². The Morgan fingerprint density at radius 1 is 0.942 bits per heavy atom. The highest BCUT2D eigenvalue weighted by Gasteiger charge is 2.57. The molecule has 52 heavy (non-hydrogen) atoms. The second-order valence-corrected chi connectivity index (χ2v) is 15.3. The number of benzene rings is 2. The first-order chi connectivity index (χ1) is 24.9. The molecule has 1 aliphatic heterocycles. The van der Waals surface area contributed by atoms with Gasteiger partial charge in [0.05, 0.1) is 34.7 Å². The van der Waals surface area contributed by atoms with Crippen LogP contribution < -0.4 is 20.9 Å². The maximum atomic E-state index is 14.4. The summed E-state index contributed by atoms with van der Waals surface area (Å²) in [6.07, 6.45) is 7.56. The Labute approximate surface area is 309 Å². The monoisotopic (exact) mass is 736 g/mol. The minimum absolute atomic E-state index is 0.0990. The summed E-state index contributed by atoms with van der Waals surface area (Å²) in [7, 11) is 0. The van der Waals surface area contributed by atoms with Crippen LogP contribution in [0.25, 0.3) is 0 Å². The van der Waals surface area contributed by atoms with Crippen molar-refractivity contribution in [3.05, 3.63) is 105 Å². The van der Waals surface area contributed by atoms with Crippen molar-refractivity contribution < 1.29 is 19.2 Å². The molecule has 8 rings (SSSR count). The lowest BCUT2D eigenvalue weighted by molar-refractivity contribution is -0.125. The van der Waals surface area contributed by atoms with Gasteiger partial charge in [-0.2, -0.15) is 5.26 Å². The number of pyridine rings is 1. The van der Waals surface area contributed by atoms with E-state index in [2.05, 4.69) is 32.0 Å². The van der Waals surface area contributed by atoms with Crippen LogP contribution in [0.4, 0.5) is 11.6 Å². The molecule has 3 fully saturated rings. The molecule has 3 heterocycles. The second-order valence-electron chi connectivity index (χ2n) is 14.5. The minimum atomic E-state index is -1.33. The topological polar surface area (TPSA) is 162 Å². The third-order valence-electron chi connectivity index (χ3n) is 10.5. The standard InChI is InChI=1S/C38H34Cl2N8O4/c1-36(18-22-2-4-23(19-41)5-3-22)34(52)47(28-16-26(39)15-27(40)17-28)35-44-21-29(48(35)36)32(50)45-38(11-12-38)33(51)46-37(9-10-37)30-14-25(8-13-42-30)31(49)43-20-24-6-7-24/h2-5,8,13-17,21,24H,6-7,9-12,18,20H2,1H3,(H,43,49)(H,45,50)(H,46,51)/t36-/m1/s1. The maximum Gasteiger partial charge on any atom is 0.270 e. The van der Waals surface area contributed by atoms with Crippen molar-refractivity contribution in [2.45, 2.75) is 68.5 Å². The van der Waals surface area contributed by atoms with Crippen molar-refractivity contribution >= 4 is 58.5 Å². The van der Waals surface area contributed by atoms with Crippen LogP contribution >= 0.6 is 23.2 Å². The zero-order valence-electron chi connectivity index (χ0n) is 28.2. The van der Waals surface area contributed by atoms with E-state index in [-0.39, 0.29) is 35.8 Å². The molecule has 2 aromatic carbocycles. The Kier molecular flexibility index (Phi) is 8.12. The first-order valence-electron chi connectivity index (χ1n) is 17.2. The number of carbonyl (C=O) groups excluding carboxylic acids is 4. The van der Waals surface area contributed by atoms with E-state index in [1.807, 2.05) is 0 Å². The van der Waals surface area contributed by atoms with Crippen LogP contribution in [0.5, 0.6) is 0 Å². The maximum absolute atomic E-state index is 14.4. The molecule has 3 saturated carbocycles. The molecule has 2 aromatic heterocycles. The molecule has 264 valence electrons. The summed E-state index contributed by atoms with van der Waals surface area (Å²) in [5, 5.41) is 19.0. The smallest absolute Gasteiger partial charge is 0.270 e. The van der Waals surface area contributed by atoms with E-state index in [4.69, 9.17) is 23.2 Å². The molecule has 12 nitrogen and oxygen atoms in total. The molecular weight excluding hydrogens is 703 g/mol. The van der Waals surface area contributed by atoms with Gasteiger partial charge in [0, 0.05) is 34.8 Å². The van der Waals surface area contributed by atoms with E-state index in [1.165, 1.54) is 11.1 Å². The van der Waals surface area contributed by atoms with E-state index in [0.29, 0.717) is 70.7 Å². The van der Waals surface area contributed by atoms with Crippen LogP contribution in [0.2, 0.25) is 10.0 Å². The first-order valence-corrected chi connectivity index (χ1v) is 18.0. The number of imidazole rings is 1. The van der Waals surface area contributed by atoms with Crippen LogP contribution in [0, 0.1) is 17.2 Å².